The molecule has 0 bridgehead atoms. The number of hydrogen-bond acceptors (Lipinski definition) is 3. The zero-order valence-corrected chi connectivity index (χ0v) is 10.1. The lowest BCUT2D eigenvalue weighted by Gasteiger charge is -2.21. The standard InChI is InChI=1S/C11H18F3N3O/c12-11(13,14)7-15-6-10(18)16-8-3-5-17-4-1-2-9(8)17/h8-9,15H,1-7H2,(H,16,18). The summed E-state index contributed by atoms with van der Waals surface area (Å²) in [6, 6.07) is 0.490. The van der Waals surface area contributed by atoms with Crippen molar-refractivity contribution in [3.05, 3.63) is 0 Å². The highest BCUT2D eigenvalue weighted by atomic mass is 19.4. The van der Waals surface area contributed by atoms with Gasteiger partial charge < -0.3 is 10.6 Å². The van der Waals surface area contributed by atoms with Gasteiger partial charge in [0.1, 0.15) is 0 Å². The van der Waals surface area contributed by atoms with Gasteiger partial charge >= 0.3 is 6.18 Å². The maximum Gasteiger partial charge on any atom is 0.401 e. The van der Waals surface area contributed by atoms with Crippen molar-refractivity contribution in [2.45, 2.75) is 37.5 Å². The van der Waals surface area contributed by atoms with Crippen molar-refractivity contribution in [3.8, 4) is 0 Å². The smallest absolute Gasteiger partial charge is 0.351 e. The molecule has 2 atom stereocenters. The van der Waals surface area contributed by atoms with Gasteiger partial charge in [0.2, 0.25) is 5.91 Å². The first-order valence-corrected chi connectivity index (χ1v) is 6.26. The Morgan fingerprint density at radius 3 is 2.78 bits per heavy atom. The Labute approximate surface area is 104 Å². The molecule has 2 N–H and O–H groups in total. The lowest BCUT2D eigenvalue weighted by molar-refractivity contribution is -0.128. The fraction of sp³-hybridized carbons (Fsp3) is 0.909. The highest BCUT2D eigenvalue weighted by molar-refractivity contribution is 5.78. The van der Waals surface area contributed by atoms with Crippen LogP contribution in [-0.2, 0) is 4.79 Å². The molecular formula is C11H18F3N3O. The van der Waals surface area contributed by atoms with E-state index in [1.165, 1.54) is 0 Å². The van der Waals surface area contributed by atoms with Crippen molar-refractivity contribution >= 4 is 5.91 Å². The highest BCUT2D eigenvalue weighted by Crippen LogP contribution is 2.27. The van der Waals surface area contributed by atoms with Crippen molar-refractivity contribution in [1.29, 1.82) is 0 Å². The van der Waals surface area contributed by atoms with Crippen LogP contribution in [0.25, 0.3) is 0 Å². The number of fused-ring (bicyclic) bond motifs is 1. The molecule has 0 aliphatic carbocycles. The lowest BCUT2D eigenvalue weighted by atomic mass is 10.1. The molecule has 2 heterocycles. The zero-order chi connectivity index (χ0) is 13.2. The van der Waals surface area contributed by atoms with Gasteiger partial charge in [-0.1, -0.05) is 0 Å². The summed E-state index contributed by atoms with van der Waals surface area (Å²) in [4.78, 5) is 13.9. The van der Waals surface area contributed by atoms with Crippen LogP contribution in [0.2, 0.25) is 0 Å². The van der Waals surface area contributed by atoms with Gasteiger partial charge in [0.25, 0.3) is 0 Å². The van der Waals surface area contributed by atoms with Crippen LogP contribution >= 0.6 is 0 Å². The summed E-state index contributed by atoms with van der Waals surface area (Å²) in [6.07, 6.45) is -1.16. The second-order valence-electron chi connectivity index (χ2n) is 4.93. The third-order valence-electron chi connectivity index (χ3n) is 3.56. The Morgan fingerprint density at radius 2 is 2.06 bits per heavy atom. The van der Waals surface area contributed by atoms with Gasteiger partial charge in [-0.05, 0) is 25.8 Å². The number of nitrogens with one attached hydrogen (secondary N) is 2. The molecule has 2 fully saturated rings. The van der Waals surface area contributed by atoms with E-state index in [-0.39, 0.29) is 18.5 Å². The fourth-order valence-corrected chi connectivity index (χ4v) is 2.83. The molecule has 4 nitrogen and oxygen atoms in total. The molecule has 0 aromatic heterocycles. The van der Waals surface area contributed by atoms with E-state index in [0.29, 0.717) is 6.04 Å². The predicted molar refractivity (Wildman–Crippen MR) is 60.1 cm³/mol. The van der Waals surface area contributed by atoms with Crippen LogP contribution in [0.1, 0.15) is 19.3 Å². The van der Waals surface area contributed by atoms with E-state index in [1.807, 2.05) is 0 Å². The molecule has 18 heavy (non-hydrogen) atoms. The number of amides is 1. The molecule has 2 aliphatic rings. The van der Waals surface area contributed by atoms with Gasteiger partial charge in [-0.25, -0.2) is 0 Å². The molecular weight excluding hydrogens is 247 g/mol. The molecule has 7 heteroatoms. The Hall–Kier alpha value is -0.820. The maximum absolute atomic E-state index is 11.9. The molecule has 2 saturated heterocycles. The average Bonchev–Trinajstić information content (AvgIpc) is 2.81. The van der Waals surface area contributed by atoms with Gasteiger partial charge in [0.15, 0.2) is 0 Å². The fourth-order valence-electron chi connectivity index (χ4n) is 2.83. The number of hydrogen-bond donors (Lipinski definition) is 2. The first-order chi connectivity index (χ1) is 8.46. The minimum Gasteiger partial charge on any atom is -0.351 e. The minimum atomic E-state index is -4.27. The summed E-state index contributed by atoms with van der Waals surface area (Å²) in [6.45, 7) is 0.651. The van der Waals surface area contributed by atoms with Crippen molar-refractivity contribution in [2.24, 2.45) is 0 Å². The van der Waals surface area contributed by atoms with E-state index in [9.17, 15) is 18.0 Å². The van der Waals surface area contributed by atoms with Crippen molar-refractivity contribution in [3.63, 3.8) is 0 Å². The van der Waals surface area contributed by atoms with Crippen LogP contribution in [0.4, 0.5) is 13.2 Å². The maximum atomic E-state index is 11.9. The van der Waals surface area contributed by atoms with E-state index < -0.39 is 12.7 Å². The van der Waals surface area contributed by atoms with E-state index in [2.05, 4.69) is 15.5 Å². The van der Waals surface area contributed by atoms with Crippen LogP contribution in [0.5, 0.6) is 0 Å². The molecule has 0 spiro atoms. The van der Waals surface area contributed by atoms with E-state index in [4.69, 9.17) is 0 Å². The van der Waals surface area contributed by atoms with Gasteiger partial charge in [-0.15, -0.1) is 0 Å². The van der Waals surface area contributed by atoms with Crippen LogP contribution in [0, 0.1) is 0 Å². The molecule has 2 aliphatic heterocycles. The zero-order valence-electron chi connectivity index (χ0n) is 10.1. The van der Waals surface area contributed by atoms with Gasteiger partial charge in [-0.3, -0.25) is 9.69 Å². The first-order valence-electron chi connectivity index (χ1n) is 6.26. The number of halogens is 3. The van der Waals surface area contributed by atoms with Crippen LogP contribution in [0.15, 0.2) is 0 Å². The quantitative estimate of drug-likeness (QED) is 0.777. The van der Waals surface area contributed by atoms with Gasteiger partial charge in [-0.2, -0.15) is 13.2 Å². The van der Waals surface area contributed by atoms with Crippen LogP contribution in [-0.4, -0.2) is 55.2 Å². The Bertz CT molecular complexity index is 308. The molecule has 0 aromatic rings. The third-order valence-corrected chi connectivity index (χ3v) is 3.56. The summed E-state index contributed by atoms with van der Waals surface area (Å²) in [5.41, 5.74) is 0. The topological polar surface area (TPSA) is 44.4 Å². The second kappa shape index (κ2) is 5.44. The Morgan fingerprint density at radius 1 is 1.28 bits per heavy atom. The average molecular weight is 265 g/mol. The number of rotatable bonds is 4. The van der Waals surface area contributed by atoms with Crippen LogP contribution < -0.4 is 10.6 Å². The van der Waals surface area contributed by atoms with Crippen molar-refractivity contribution in [2.75, 3.05) is 26.2 Å². The summed E-state index contributed by atoms with van der Waals surface area (Å²) in [7, 11) is 0. The molecule has 104 valence electrons. The lowest BCUT2D eigenvalue weighted by Crippen LogP contribution is -2.46. The number of nitrogens with zero attached hydrogens (tertiary/aromatic N) is 1. The number of carbonyl (C=O) groups is 1. The number of carbonyl (C=O) groups excluding carboxylic acids is 1. The van der Waals surface area contributed by atoms with E-state index >= 15 is 0 Å². The van der Waals surface area contributed by atoms with Gasteiger partial charge in [0.05, 0.1) is 13.1 Å². The SMILES string of the molecule is O=C(CNCC(F)(F)F)NC1CCN2CCCC12. The van der Waals surface area contributed by atoms with E-state index in [1.54, 1.807) is 0 Å². The van der Waals surface area contributed by atoms with Gasteiger partial charge in [0, 0.05) is 18.6 Å². The summed E-state index contributed by atoms with van der Waals surface area (Å²) in [5.74, 6) is -0.349. The summed E-state index contributed by atoms with van der Waals surface area (Å²) in [5, 5.41) is 4.93. The molecule has 2 unspecified atom stereocenters. The third kappa shape index (κ3) is 3.58. The largest absolute Gasteiger partial charge is 0.401 e. The second-order valence-corrected chi connectivity index (χ2v) is 4.93. The van der Waals surface area contributed by atoms with Crippen molar-refractivity contribution < 1.29 is 18.0 Å². The molecule has 0 radical (unpaired) electrons. The highest BCUT2D eigenvalue weighted by Gasteiger charge is 2.37. The normalized spacial score (nSPS) is 28.4. The summed E-state index contributed by atoms with van der Waals surface area (Å²) >= 11 is 0. The van der Waals surface area contributed by atoms with Crippen LogP contribution in [0.3, 0.4) is 0 Å². The molecule has 1 amide bonds. The molecule has 0 aromatic carbocycles. The van der Waals surface area contributed by atoms with E-state index in [0.717, 1.165) is 32.4 Å². The monoisotopic (exact) mass is 265 g/mol. The van der Waals surface area contributed by atoms with Crippen molar-refractivity contribution in [1.82, 2.24) is 15.5 Å². The predicted octanol–water partition coefficient (Wildman–Crippen LogP) is 0.491. The molecule has 0 saturated carbocycles. The Balaban J connectivity index is 1.68. The first kappa shape index (κ1) is 13.6. The minimum absolute atomic E-state index is 0.104. The summed E-state index contributed by atoms with van der Waals surface area (Å²) < 4.78 is 35.7. The number of alkyl halides is 3. The molecule has 2 rings (SSSR count). The Kier molecular flexibility index (Phi) is 4.11.